The highest BCUT2D eigenvalue weighted by Gasteiger charge is 2.36. The minimum Gasteiger partial charge on any atom is -0.356 e. The van der Waals surface area contributed by atoms with E-state index in [9.17, 15) is 4.79 Å². The van der Waals surface area contributed by atoms with Gasteiger partial charge >= 0.3 is 0 Å². The summed E-state index contributed by atoms with van der Waals surface area (Å²) in [4.78, 5) is 24.8. The molecule has 4 aromatic rings. The molecule has 0 radical (unpaired) electrons. The van der Waals surface area contributed by atoms with E-state index in [-0.39, 0.29) is 11.9 Å². The van der Waals surface area contributed by atoms with Crippen LogP contribution in [-0.2, 0) is 6.42 Å². The van der Waals surface area contributed by atoms with Crippen molar-refractivity contribution in [1.82, 2.24) is 14.9 Å². The van der Waals surface area contributed by atoms with Crippen molar-refractivity contribution >= 4 is 28.6 Å². The molecule has 0 saturated heterocycles. The Hall–Kier alpha value is -3.05. The Morgan fingerprint density at radius 1 is 1.07 bits per heavy atom. The van der Waals surface area contributed by atoms with Gasteiger partial charge in [-0.15, -0.1) is 11.8 Å². The summed E-state index contributed by atoms with van der Waals surface area (Å²) in [7, 11) is 0. The smallest absolute Gasteiger partial charge is 0.255 e. The Bertz CT molecular complexity index is 1190. The Kier molecular flexibility index (Phi) is 4.60. The second-order valence-corrected chi connectivity index (χ2v) is 8.02. The standard InChI is InChI=1S/C24H21N3OS/c1-29-21-12-5-3-9-18(21)24(28)27-15-13-17-16-8-2-4-10-19(16)26-22(17)23(27)20-11-6-7-14-25-20/h2-12,14,23,26H,13,15H2,1H3/t23-/m0/s1. The first kappa shape index (κ1) is 18.0. The molecule has 0 bridgehead atoms. The number of rotatable bonds is 3. The molecule has 2 aromatic heterocycles. The number of para-hydroxylation sites is 1. The number of hydrogen-bond acceptors (Lipinski definition) is 3. The molecule has 1 amide bonds. The average molecular weight is 400 g/mol. The van der Waals surface area contributed by atoms with Crippen LogP contribution in [0.4, 0.5) is 0 Å². The van der Waals surface area contributed by atoms with Crippen LogP contribution in [0.1, 0.15) is 33.4 Å². The van der Waals surface area contributed by atoms with Crippen LogP contribution in [0.5, 0.6) is 0 Å². The number of pyridine rings is 1. The van der Waals surface area contributed by atoms with Gasteiger partial charge in [0.25, 0.3) is 5.91 Å². The summed E-state index contributed by atoms with van der Waals surface area (Å²) in [6.07, 6.45) is 4.63. The van der Waals surface area contributed by atoms with Crippen molar-refractivity contribution in [2.75, 3.05) is 12.8 Å². The first-order chi connectivity index (χ1) is 14.3. The summed E-state index contributed by atoms with van der Waals surface area (Å²) in [5.41, 5.74) is 5.11. The van der Waals surface area contributed by atoms with E-state index in [0.29, 0.717) is 6.54 Å². The average Bonchev–Trinajstić information content (AvgIpc) is 3.17. The van der Waals surface area contributed by atoms with Crippen LogP contribution in [0, 0.1) is 0 Å². The van der Waals surface area contributed by atoms with Crippen molar-refractivity contribution in [3.05, 3.63) is 95.4 Å². The van der Waals surface area contributed by atoms with Crippen LogP contribution in [0.15, 0.2) is 77.8 Å². The summed E-state index contributed by atoms with van der Waals surface area (Å²) >= 11 is 1.60. The topological polar surface area (TPSA) is 49.0 Å². The molecule has 4 nitrogen and oxygen atoms in total. The quantitative estimate of drug-likeness (QED) is 0.489. The van der Waals surface area contributed by atoms with Crippen molar-refractivity contribution in [3.63, 3.8) is 0 Å². The van der Waals surface area contributed by atoms with E-state index >= 15 is 0 Å². The number of aromatic amines is 1. The fourth-order valence-electron chi connectivity index (χ4n) is 4.28. The normalized spacial score (nSPS) is 16.0. The minimum atomic E-state index is -0.227. The number of nitrogens with zero attached hydrogens (tertiary/aromatic N) is 2. The van der Waals surface area contributed by atoms with E-state index in [1.165, 1.54) is 10.9 Å². The number of benzene rings is 2. The van der Waals surface area contributed by atoms with Gasteiger partial charge in [0.15, 0.2) is 0 Å². The SMILES string of the molecule is CSc1ccccc1C(=O)N1CCc2c([nH]c3ccccc23)[C@@H]1c1ccccn1. The van der Waals surface area contributed by atoms with Crippen LogP contribution in [0.2, 0.25) is 0 Å². The summed E-state index contributed by atoms with van der Waals surface area (Å²) in [5, 5.41) is 1.24. The summed E-state index contributed by atoms with van der Waals surface area (Å²) in [5.74, 6) is 0.0508. The third kappa shape index (κ3) is 3.02. The van der Waals surface area contributed by atoms with Crippen LogP contribution >= 0.6 is 11.8 Å². The maximum absolute atomic E-state index is 13.7. The van der Waals surface area contributed by atoms with Crippen LogP contribution in [-0.4, -0.2) is 33.6 Å². The highest BCUT2D eigenvalue weighted by Crippen LogP contribution is 2.39. The molecule has 3 heterocycles. The molecule has 1 N–H and O–H groups in total. The number of nitrogens with one attached hydrogen (secondary N) is 1. The fraction of sp³-hybridized carbons (Fsp3) is 0.167. The van der Waals surface area contributed by atoms with Gasteiger partial charge in [-0.25, -0.2) is 0 Å². The third-order valence-electron chi connectivity index (χ3n) is 5.60. The van der Waals surface area contributed by atoms with E-state index in [1.54, 1.807) is 18.0 Å². The van der Waals surface area contributed by atoms with Gasteiger partial charge in [-0.2, -0.15) is 0 Å². The number of carbonyl (C=O) groups is 1. The largest absolute Gasteiger partial charge is 0.356 e. The van der Waals surface area contributed by atoms with E-state index in [2.05, 4.69) is 28.2 Å². The van der Waals surface area contributed by atoms with Gasteiger partial charge in [0, 0.05) is 34.2 Å². The Balaban J connectivity index is 1.67. The zero-order valence-corrected chi connectivity index (χ0v) is 16.9. The summed E-state index contributed by atoms with van der Waals surface area (Å²) in [6, 6.07) is 21.9. The first-order valence-corrected chi connectivity index (χ1v) is 10.9. The zero-order chi connectivity index (χ0) is 19.8. The van der Waals surface area contributed by atoms with Crippen molar-refractivity contribution < 1.29 is 4.79 Å². The van der Waals surface area contributed by atoms with E-state index in [4.69, 9.17) is 0 Å². The molecular formula is C24H21N3OS. The van der Waals surface area contributed by atoms with Crippen LogP contribution < -0.4 is 0 Å². The van der Waals surface area contributed by atoms with Gasteiger partial charge < -0.3 is 9.88 Å². The van der Waals surface area contributed by atoms with Crippen molar-refractivity contribution in [2.45, 2.75) is 17.4 Å². The summed E-state index contributed by atoms with van der Waals surface area (Å²) < 4.78 is 0. The monoisotopic (exact) mass is 399 g/mol. The number of aromatic nitrogens is 2. The van der Waals surface area contributed by atoms with E-state index in [0.717, 1.165) is 33.8 Å². The molecule has 1 atom stereocenters. The predicted molar refractivity (Wildman–Crippen MR) is 117 cm³/mol. The fourth-order valence-corrected chi connectivity index (χ4v) is 4.87. The van der Waals surface area contributed by atoms with Gasteiger partial charge in [0.1, 0.15) is 6.04 Å². The molecule has 1 aliphatic heterocycles. The molecule has 0 spiro atoms. The Morgan fingerprint density at radius 3 is 2.69 bits per heavy atom. The van der Waals surface area contributed by atoms with Crippen LogP contribution in [0.25, 0.3) is 10.9 Å². The number of H-pyrrole nitrogens is 1. The molecule has 29 heavy (non-hydrogen) atoms. The lowest BCUT2D eigenvalue weighted by atomic mass is 9.94. The molecule has 0 aliphatic carbocycles. The van der Waals surface area contributed by atoms with Crippen molar-refractivity contribution in [3.8, 4) is 0 Å². The van der Waals surface area contributed by atoms with Gasteiger partial charge in [0.2, 0.25) is 0 Å². The molecule has 1 aliphatic rings. The maximum Gasteiger partial charge on any atom is 0.255 e. The number of amides is 1. The molecule has 0 fully saturated rings. The van der Waals surface area contributed by atoms with Gasteiger partial charge in [-0.1, -0.05) is 36.4 Å². The Morgan fingerprint density at radius 2 is 1.86 bits per heavy atom. The zero-order valence-electron chi connectivity index (χ0n) is 16.1. The number of hydrogen-bond donors (Lipinski definition) is 1. The van der Waals surface area contributed by atoms with Crippen molar-refractivity contribution in [2.24, 2.45) is 0 Å². The number of carbonyl (C=O) groups excluding carboxylic acids is 1. The van der Waals surface area contributed by atoms with E-state index in [1.807, 2.05) is 59.7 Å². The minimum absolute atomic E-state index is 0.0508. The molecule has 0 saturated carbocycles. The molecule has 2 aromatic carbocycles. The number of fused-ring (bicyclic) bond motifs is 3. The number of thioether (sulfide) groups is 1. The van der Waals surface area contributed by atoms with Crippen LogP contribution in [0.3, 0.4) is 0 Å². The molecule has 0 unspecified atom stereocenters. The van der Waals surface area contributed by atoms with Gasteiger partial charge in [-0.05, 0) is 48.6 Å². The second kappa shape index (κ2) is 7.41. The third-order valence-corrected chi connectivity index (χ3v) is 6.40. The van der Waals surface area contributed by atoms with E-state index < -0.39 is 0 Å². The predicted octanol–water partition coefficient (Wildman–Crippen LogP) is 5.07. The molecule has 5 rings (SSSR count). The Labute approximate surface area is 174 Å². The highest BCUT2D eigenvalue weighted by molar-refractivity contribution is 7.98. The van der Waals surface area contributed by atoms with Gasteiger partial charge in [-0.3, -0.25) is 9.78 Å². The van der Waals surface area contributed by atoms with Crippen molar-refractivity contribution in [1.29, 1.82) is 0 Å². The lowest BCUT2D eigenvalue weighted by molar-refractivity contribution is 0.0685. The molecule has 144 valence electrons. The highest BCUT2D eigenvalue weighted by atomic mass is 32.2. The first-order valence-electron chi connectivity index (χ1n) is 9.72. The lowest BCUT2D eigenvalue weighted by Crippen LogP contribution is -2.41. The second-order valence-electron chi connectivity index (χ2n) is 7.17. The summed E-state index contributed by atoms with van der Waals surface area (Å²) in [6.45, 7) is 0.664. The lowest BCUT2D eigenvalue weighted by Gasteiger charge is -2.36. The molecule has 5 heteroatoms. The molecular weight excluding hydrogens is 378 g/mol. The van der Waals surface area contributed by atoms with Gasteiger partial charge in [0.05, 0.1) is 11.3 Å². The maximum atomic E-state index is 13.7.